The van der Waals surface area contributed by atoms with Gasteiger partial charge in [-0.15, -0.1) is 0 Å². The second-order valence-electron chi connectivity index (χ2n) is 5.21. The molecule has 8 nitrogen and oxygen atoms in total. The van der Waals surface area contributed by atoms with Crippen LogP contribution in [0.5, 0.6) is 0 Å². The summed E-state index contributed by atoms with van der Waals surface area (Å²) in [4.78, 5) is 24.5. The molecule has 124 valence electrons. The number of amides is 1. The van der Waals surface area contributed by atoms with Crippen LogP contribution in [0, 0.1) is 21.4 Å². The van der Waals surface area contributed by atoms with Crippen molar-refractivity contribution in [1.29, 1.82) is 5.26 Å². The second-order valence-corrected chi connectivity index (χ2v) is 6.31. The first-order chi connectivity index (χ1) is 11.6. The van der Waals surface area contributed by atoms with Crippen LogP contribution >= 0.6 is 11.8 Å². The number of rotatable bonds is 3. The number of ether oxygens (including phenoxy) is 1. The van der Waals surface area contributed by atoms with E-state index in [1.807, 2.05) is 11.0 Å². The van der Waals surface area contributed by atoms with E-state index in [0.717, 1.165) is 5.56 Å². The zero-order chi connectivity index (χ0) is 17.1. The Balaban J connectivity index is 1.87. The third-order valence-corrected chi connectivity index (χ3v) is 5.06. The molecule has 1 fully saturated rings. The van der Waals surface area contributed by atoms with Gasteiger partial charge in [-0.2, -0.15) is 5.26 Å². The first kappa shape index (κ1) is 16.3. The van der Waals surface area contributed by atoms with E-state index in [4.69, 9.17) is 4.74 Å². The molecule has 0 spiro atoms. The van der Waals surface area contributed by atoms with Gasteiger partial charge in [-0.05, 0) is 17.7 Å². The number of benzene rings is 1. The standard InChI is InChI=1S/C15H14N4O4S/c16-9-12-13(20)17-14(10-1-3-11(4-2-10)19(21)22)24-15(12)18-5-7-23-8-6-18/h1-4,14H,5-8H2,(H,17,20). The lowest BCUT2D eigenvalue weighted by atomic mass is 10.2. The quantitative estimate of drug-likeness (QED) is 0.653. The topological polar surface area (TPSA) is 108 Å². The summed E-state index contributed by atoms with van der Waals surface area (Å²) in [6.07, 6.45) is 0. The highest BCUT2D eigenvalue weighted by Crippen LogP contribution is 2.40. The molecule has 1 unspecified atom stereocenters. The second kappa shape index (κ2) is 6.90. The number of nitrogens with zero attached hydrogens (tertiary/aromatic N) is 3. The Morgan fingerprint density at radius 1 is 1.33 bits per heavy atom. The summed E-state index contributed by atoms with van der Waals surface area (Å²) in [5.74, 6) is -0.430. The van der Waals surface area contributed by atoms with Crippen LogP contribution in [0.1, 0.15) is 10.9 Å². The molecule has 2 aliphatic rings. The Labute approximate surface area is 142 Å². The van der Waals surface area contributed by atoms with Crippen molar-refractivity contribution in [2.24, 2.45) is 0 Å². The van der Waals surface area contributed by atoms with Gasteiger partial charge in [0, 0.05) is 25.2 Å². The number of hydrogen-bond acceptors (Lipinski definition) is 7. The van der Waals surface area contributed by atoms with Crippen LogP contribution in [-0.4, -0.2) is 42.0 Å². The highest BCUT2D eigenvalue weighted by Gasteiger charge is 2.32. The Bertz CT molecular complexity index is 735. The van der Waals surface area contributed by atoms with Gasteiger partial charge >= 0.3 is 0 Å². The van der Waals surface area contributed by atoms with Crippen molar-refractivity contribution in [2.45, 2.75) is 5.37 Å². The fraction of sp³-hybridized carbons (Fsp3) is 0.333. The van der Waals surface area contributed by atoms with Gasteiger partial charge in [-0.3, -0.25) is 14.9 Å². The fourth-order valence-electron chi connectivity index (χ4n) is 2.51. The minimum Gasteiger partial charge on any atom is -0.378 e. The molecule has 0 radical (unpaired) electrons. The Morgan fingerprint density at radius 2 is 2.00 bits per heavy atom. The Morgan fingerprint density at radius 3 is 2.58 bits per heavy atom. The molecule has 0 bridgehead atoms. The molecular formula is C15H14N4O4S. The summed E-state index contributed by atoms with van der Waals surface area (Å²) in [6, 6.07) is 8.01. The molecule has 24 heavy (non-hydrogen) atoms. The van der Waals surface area contributed by atoms with Gasteiger partial charge in [0.15, 0.2) is 0 Å². The van der Waals surface area contributed by atoms with Crippen LogP contribution in [0.2, 0.25) is 0 Å². The lowest BCUT2D eigenvalue weighted by molar-refractivity contribution is -0.384. The van der Waals surface area contributed by atoms with E-state index < -0.39 is 16.2 Å². The molecule has 1 aromatic carbocycles. The maximum Gasteiger partial charge on any atom is 0.269 e. The molecule has 1 saturated heterocycles. The van der Waals surface area contributed by atoms with Crippen LogP contribution < -0.4 is 5.32 Å². The average Bonchev–Trinajstić information content (AvgIpc) is 2.62. The summed E-state index contributed by atoms with van der Waals surface area (Å²) >= 11 is 1.37. The molecule has 0 aromatic heterocycles. The minimum absolute atomic E-state index is 0.00690. The molecule has 2 aliphatic heterocycles. The van der Waals surface area contributed by atoms with Gasteiger partial charge in [0.05, 0.1) is 23.2 Å². The van der Waals surface area contributed by atoms with E-state index in [1.165, 1.54) is 23.9 Å². The number of nitrogens with one attached hydrogen (secondary N) is 1. The van der Waals surface area contributed by atoms with E-state index in [2.05, 4.69) is 5.32 Å². The van der Waals surface area contributed by atoms with Crippen LogP contribution in [-0.2, 0) is 9.53 Å². The van der Waals surface area contributed by atoms with Gasteiger partial charge in [-0.25, -0.2) is 0 Å². The number of nitro groups is 1. The number of thioether (sulfide) groups is 1. The summed E-state index contributed by atoms with van der Waals surface area (Å²) in [6.45, 7) is 2.33. The molecular weight excluding hydrogens is 332 g/mol. The van der Waals surface area contributed by atoms with Crippen molar-refractivity contribution in [1.82, 2.24) is 10.2 Å². The molecule has 1 amide bonds. The molecule has 0 saturated carbocycles. The predicted molar refractivity (Wildman–Crippen MR) is 86.6 cm³/mol. The number of nitro benzene ring substituents is 1. The molecule has 0 aliphatic carbocycles. The van der Waals surface area contributed by atoms with Crippen molar-refractivity contribution in [3.63, 3.8) is 0 Å². The number of hydrogen-bond donors (Lipinski definition) is 1. The van der Waals surface area contributed by atoms with Crippen LogP contribution in [0.15, 0.2) is 34.9 Å². The van der Waals surface area contributed by atoms with Crippen molar-refractivity contribution in [3.05, 3.63) is 50.5 Å². The SMILES string of the molecule is N#CC1=C(N2CCOCC2)SC(c2ccc([N+](=O)[O-])cc2)NC1=O. The van der Waals surface area contributed by atoms with Gasteiger partial charge in [0.25, 0.3) is 11.6 Å². The first-order valence-electron chi connectivity index (χ1n) is 7.29. The molecule has 9 heteroatoms. The number of nitriles is 1. The maximum absolute atomic E-state index is 12.3. The largest absolute Gasteiger partial charge is 0.378 e. The van der Waals surface area contributed by atoms with E-state index in [1.54, 1.807) is 12.1 Å². The number of carbonyl (C=O) groups excluding carboxylic acids is 1. The van der Waals surface area contributed by atoms with Crippen LogP contribution in [0.3, 0.4) is 0 Å². The van der Waals surface area contributed by atoms with Crippen molar-refractivity contribution >= 4 is 23.4 Å². The van der Waals surface area contributed by atoms with Crippen molar-refractivity contribution in [3.8, 4) is 6.07 Å². The van der Waals surface area contributed by atoms with Crippen molar-refractivity contribution in [2.75, 3.05) is 26.3 Å². The van der Waals surface area contributed by atoms with E-state index in [9.17, 15) is 20.2 Å². The lowest BCUT2D eigenvalue weighted by Crippen LogP contribution is -2.40. The smallest absolute Gasteiger partial charge is 0.269 e. The minimum atomic E-state index is -0.469. The summed E-state index contributed by atoms with van der Waals surface area (Å²) in [5, 5.41) is 23.1. The fourth-order valence-corrected chi connectivity index (χ4v) is 3.78. The Hall–Kier alpha value is -2.57. The van der Waals surface area contributed by atoms with Gasteiger partial charge in [-0.1, -0.05) is 11.8 Å². The third kappa shape index (κ3) is 3.20. The summed E-state index contributed by atoms with van der Waals surface area (Å²) in [5.41, 5.74) is 0.828. The normalized spacial score (nSPS) is 21.2. The van der Waals surface area contributed by atoms with Gasteiger partial charge in [0.1, 0.15) is 17.0 Å². The summed E-state index contributed by atoms with van der Waals surface area (Å²) < 4.78 is 5.31. The zero-order valence-electron chi connectivity index (χ0n) is 12.6. The van der Waals surface area contributed by atoms with Crippen LogP contribution in [0.25, 0.3) is 0 Å². The molecule has 1 N–H and O–H groups in total. The lowest BCUT2D eigenvalue weighted by Gasteiger charge is -2.35. The number of non-ortho nitro benzene ring substituents is 1. The highest BCUT2D eigenvalue weighted by molar-refractivity contribution is 8.03. The van der Waals surface area contributed by atoms with Crippen molar-refractivity contribution < 1.29 is 14.5 Å². The molecule has 2 heterocycles. The van der Waals surface area contributed by atoms with E-state index in [-0.39, 0.29) is 11.3 Å². The number of morpholine rings is 1. The molecule has 1 atom stereocenters. The van der Waals surface area contributed by atoms with Crippen LogP contribution in [0.4, 0.5) is 5.69 Å². The number of carbonyl (C=O) groups is 1. The molecule has 1 aromatic rings. The summed E-state index contributed by atoms with van der Waals surface area (Å²) in [7, 11) is 0. The van der Waals surface area contributed by atoms with E-state index in [0.29, 0.717) is 31.3 Å². The van der Waals surface area contributed by atoms with E-state index >= 15 is 0 Å². The Kier molecular flexibility index (Phi) is 4.69. The third-order valence-electron chi connectivity index (χ3n) is 3.75. The maximum atomic E-state index is 12.3. The van der Waals surface area contributed by atoms with Gasteiger partial charge in [0.2, 0.25) is 0 Å². The van der Waals surface area contributed by atoms with Gasteiger partial charge < -0.3 is 15.0 Å². The zero-order valence-corrected chi connectivity index (χ0v) is 13.4. The first-order valence-corrected chi connectivity index (χ1v) is 8.17. The monoisotopic (exact) mass is 346 g/mol. The highest BCUT2D eigenvalue weighted by atomic mass is 32.2. The average molecular weight is 346 g/mol. The molecule has 3 rings (SSSR count). The predicted octanol–water partition coefficient (Wildman–Crippen LogP) is 1.52.